The second kappa shape index (κ2) is 9.73. The predicted molar refractivity (Wildman–Crippen MR) is 121 cm³/mol. The first kappa shape index (κ1) is 21.7. The summed E-state index contributed by atoms with van der Waals surface area (Å²) >= 11 is 0. The van der Waals surface area contributed by atoms with E-state index in [1.165, 1.54) is 12.8 Å². The van der Waals surface area contributed by atoms with Gasteiger partial charge in [0.15, 0.2) is 0 Å². The molecule has 168 valence electrons. The molecule has 4 rings (SSSR count). The van der Waals surface area contributed by atoms with Crippen LogP contribution < -0.4 is 10.1 Å². The Hall–Kier alpha value is -2.54. The van der Waals surface area contributed by atoms with Crippen molar-refractivity contribution in [2.45, 2.75) is 32.6 Å². The zero-order valence-electron chi connectivity index (χ0n) is 18.7. The molecule has 0 bridgehead atoms. The number of nitrogens with zero attached hydrogens (tertiary/aromatic N) is 2. The number of hydrogen-bond donors (Lipinski definition) is 2. The second-order valence-corrected chi connectivity index (χ2v) is 8.89. The standard InChI is InChI=1S/C24H34N4O3/c1-17(23(29)25-9-14-27-10-3-4-11-27)18-7-12-28(13-8-18)24(30)22-15-19-5-6-20(31-2)16-21(19)26-22/h5-6,15-18,26H,3-4,7-14H2,1-2H3,(H,25,29). The van der Waals surface area contributed by atoms with E-state index in [0.717, 1.165) is 55.7 Å². The van der Waals surface area contributed by atoms with E-state index >= 15 is 0 Å². The molecule has 7 nitrogen and oxygen atoms in total. The molecular formula is C24H34N4O3. The lowest BCUT2D eigenvalue weighted by Crippen LogP contribution is -2.43. The topological polar surface area (TPSA) is 77.7 Å². The number of nitrogens with one attached hydrogen (secondary N) is 2. The Morgan fingerprint density at radius 1 is 1.16 bits per heavy atom. The highest BCUT2D eigenvalue weighted by Gasteiger charge is 2.30. The van der Waals surface area contributed by atoms with E-state index in [1.807, 2.05) is 36.1 Å². The molecule has 0 spiro atoms. The van der Waals surface area contributed by atoms with Crippen molar-refractivity contribution in [1.82, 2.24) is 20.1 Å². The van der Waals surface area contributed by atoms with Gasteiger partial charge in [-0.2, -0.15) is 0 Å². The van der Waals surface area contributed by atoms with Gasteiger partial charge in [0.2, 0.25) is 5.91 Å². The lowest BCUT2D eigenvalue weighted by atomic mass is 9.84. The van der Waals surface area contributed by atoms with Crippen molar-refractivity contribution < 1.29 is 14.3 Å². The minimum atomic E-state index is -0.0172. The second-order valence-electron chi connectivity index (χ2n) is 8.89. The third-order valence-electron chi connectivity index (χ3n) is 6.93. The first-order valence-corrected chi connectivity index (χ1v) is 11.5. The number of aromatic amines is 1. The molecule has 7 heteroatoms. The lowest BCUT2D eigenvalue weighted by molar-refractivity contribution is -0.126. The Morgan fingerprint density at radius 3 is 2.61 bits per heavy atom. The van der Waals surface area contributed by atoms with E-state index in [4.69, 9.17) is 4.74 Å². The van der Waals surface area contributed by atoms with E-state index in [9.17, 15) is 9.59 Å². The van der Waals surface area contributed by atoms with E-state index in [0.29, 0.717) is 24.7 Å². The quantitative estimate of drug-likeness (QED) is 0.714. The normalized spacial score (nSPS) is 19.0. The van der Waals surface area contributed by atoms with Gasteiger partial charge in [0.05, 0.1) is 7.11 Å². The highest BCUT2D eigenvalue weighted by atomic mass is 16.5. The number of hydrogen-bond acceptors (Lipinski definition) is 4. The van der Waals surface area contributed by atoms with Crippen LogP contribution in [0.5, 0.6) is 5.75 Å². The van der Waals surface area contributed by atoms with Crippen LogP contribution in [-0.2, 0) is 4.79 Å². The zero-order valence-corrected chi connectivity index (χ0v) is 18.7. The first-order chi connectivity index (χ1) is 15.0. The highest BCUT2D eigenvalue weighted by Crippen LogP contribution is 2.27. The number of piperidine rings is 1. The van der Waals surface area contributed by atoms with Gasteiger partial charge in [-0.1, -0.05) is 6.92 Å². The molecular weight excluding hydrogens is 392 g/mol. The summed E-state index contributed by atoms with van der Waals surface area (Å²) in [7, 11) is 1.63. The molecule has 31 heavy (non-hydrogen) atoms. The summed E-state index contributed by atoms with van der Waals surface area (Å²) in [5.41, 5.74) is 1.51. The number of rotatable bonds is 7. The third-order valence-corrected chi connectivity index (χ3v) is 6.93. The predicted octanol–water partition coefficient (Wildman–Crippen LogP) is 2.88. The summed E-state index contributed by atoms with van der Waals surface area (Å²) in [4.78, 5) is 33.1. The summed E-state index contributed by atoms with van der Waals surface area (Å²) in [5, 5.41) is 4.11. The molecule has 1 aromatic carbocycles. The number of amides is 2. The fourth-order valence-corrected chi connectivity index (χ4v) is 4.84. The van der Waals surface area contributed by atoms with Gasteiger partial charge in [-0.3, -0.25) is 9.59 Å². The number of ether oxygens (including phenoxy) is 1. The van der Waals surface area contributed by atoms with Gasteiger partial charge in [0.1, 0.15) is 11.4 Å². The number of likely N-dealkylation sites (tertiary alicyclic amines) is 2. The molecule has 0 saturated carbocycles. The molecule has 2 aliphatic heterocycles. The van der Waals surface area contributed by atoms with Crippen LogP contribution in [0.1, 0.15) is 43.1 Å². The summed E-state index contributed by atoms with van der Waals surface area (Å²) in [5.74, 6) is 1.24. The van der Waals surface area contributed by atoms with Crippen LogP contribution in [0.2, 0.25) is 0 Å². The van der Waals surface area contributed by atoms with Crippen LogP contribution in [0.4, 0.5) is 0 Å². The number of aromatic nitrogens is 1. The summed E-state index contributed by atoms with van der Waals surface area (Å²) in [6.45, 7) is 7.39. The molecule has 3 heterocycles. The van der Waals surface area contributed by atoms with Gasteiger partial charge in [-0.15, -0.1) is 0 Å². The maximum atomic E-state index is 13.0. The number of H-pyrrole nitrogens is 1. The molecule has 2 aromatic rings. The van der Waals surface area contributed by atoms with E-state index in [1.54, 1.807) is 7.11 Å². The van der Waals surface area contributed by atoms with Crippen molar-refractivity contribution in [2.75, 3.05) is 46.4 Å². The number of fused-ring (bicyclic) bond motifs is 1. The van der Waals surface area contributed by atoms with Crippen molar-refractivity contribution in [3.05, 3.63) is 30.0 Å². The molecule has 1 aromatic heterocycles. The summed E-state index contributed by atoms with van der Waals surface area (Å²) < 4.78 is 5.26. The Morgan fingerprint density at radius 2 is 1.90 bits per heavy atom. The van der Waals surface area contributed by atoms with Crippen LogP contribution in [-0.4, -0.2) is 73.0 Å². The molecule has 2 fully saturated rings. The number of benzene rings is 1. The first-order valence-electron chi connectivity index (χ1n) is 11.5. The Kier molecular flexibility index (Phi) is 6.80. The number of carbonyl (C=O) groups is 2. The molecule has 0 radical (unpaired) electrons. The summed E-state index contributed by atoms with van der Waals surface area (Å²) in [6, 6.07) is 7.66. The molecule has 2 saturated heterocycles. The molecule has 0 aliphatic carbocycles. The van der Waals surface area contributed by atoms with Gasteiger partial charge in [0.25, 0.3) is 5.91 Å². The van der Waals surface area contributed by atoms with Crippen molar-refractivity contribution >= 4 is 22.7 Å². The average Bonchev–Trinajstić information content (AvgIpc) is 3.47. The Bertz CT molecular complexity index is 911. The minimum absolute atomic E-state index is 0.0172. The largest absolute Gasteiger partial charge is 0.497 e. The van der Waals surface area contributed by atoms with Crippen LogP contribution in [0.25, 0.3) is 10.9 Å². The van der Waals surface area contributed by atoms with E-state index < -0.39 is 0 Å². The Balaban J connectivity index is 1.26. The van der Waals surface area contributed by atoms with Crippen LogP contribution in [0, 0.1) is 11.8 Å². The SMILES string of the molecule is COc1ccc2cc(C(=O)N3CCC(C(C)C(=O)NCCN4CCCC4)CC3)[nH]c2c1. The zero-order chi connectivity index (χ0) is 21.8. The molecule has 2 amide bonds. The smallest absolute Gasteiger partial charge is 0.270 e. The van der Waals surface area contributed by atoms with E-state index in [-0.39, 0.29) is 17.7 Å². The van der Waals surface area contributed by atoms with Gasteiger partial charge in [-0.25, -0.2) is 0 Å². The Labute approximate surface area is 184 Å². The average molecular weight is 427 g/mol. The van der Waals surface area contributed by atoms with E-state index in [2.05, 4.69) is 15.2 Å². The fourth-order valence-electron chi connectivity index (χ4n) is 4.84. The monoisotopic (exact) mass is 426 g/mol. The van der Waals surface area contributed by atoms with Crippen molar-refractivity contribution in [3.8, 4) is 5.75 Å². The van der Waals surface area contributed by atoms with Crippen molar-refractivity contribution in [3.63, 3.8) is 0 Å². The van der Waals surface area contributed by atoms with Crippen molar-refractivity contribution in [2.24, 2.45) is 11.8 Å². The minimum Gasteiger partial charge on any atom is -0.497 e. The van der Waals surface area contributed by atoms with Gasteiger partial charge < -0.3 is 24.8 Å². The maximum absolute atomic E-state index is 13.0. The molecule has 1 unspecified atom stereocenters. The lowest BCUT2D eigenvalue weighted by Gasteiger charge is -2.34. The molecule has 2 aliphatic rings. The van der Waals surface area contributed by atoms with Crippen molar-refractivity contribution in [1.29, 1.82) is 0 Å². The van der Waals surface area contributed by atoms with Crippen LogP contribution in [0.3, 0.4) is 0 Å². The van der Waals surface area contributed by atoms with Gasteiger partial charge in [0, 0.05) is 49.1 Å². The molecule has 1 atom stereocenters. The third kappa shape index (κ3) is 5.03. The van der Waals surface area contributed by atoms with Gasteiger partial charge in [-0.05, 0) is 62.9 Å². The van der Waals surface area contributed by atoms with Crippen LogP contribution in [0.15, 0.2) is 24.3 Å². The number of carbonyl (C=O) groups excluding carboxylic acids is 2. The maximum Gasteiger partial charge on any atom is 0.270 e. The van der Waals surface area contributed by atoms with Gasteiger partial charge >= 0.3 is 0 Å². The summed E-state index contributed by atoms with van der Waals surface area (Å²) in [6.07, 6.45) is 4.27. The fraction of sp³-hybridized carbons (Fsp3) is 0.583. The number of methoxy groups -OCH3 is 1. The van der Waals surface area contributed by atoms with Crippen LogP contribution >= 0.6 is 0 Å². The highest BCUT2D eigenvalue weighted by molar-refractivity contribution is 5.98. The molecule has 2 N–H and O–H groups in total.